The van der Waals surface area contributed by atoms with Crippen molar-refractivity contribution in [2.75, 3.05) is 4.90 Å². The van der Waals surface area contributed by atoms with E-state index in [0.29, 0.717) is 10.5 Å². The summed E-state index contributed by atoms with van der Waals surface area (Å²) >= 11 is 0. The van der Waals surface area contributed by atoms with E-state index in [1.807, 2.05) is 42.5 Å². The number of nitrogens with zero attached hydrogens (tertiary/aromatic N) is 1. The second-order valence-corrected chi connectivity index (χ2v) is 11.4. The van der Waals surface area contributed by atoms with Crippen LogP contribution in [-0.4, -0.2) is 0 Å². The summed E-state index contributed by atoms with van der Waals surface area (Å²) in [4.78, 5) is 0.449. The molecule has 0 amide bonds. The Hall–Kier alpha value is -6.96. The van der Waals surface area contributed by atoms with Crippen LogP contribution in [0.1, 0.15) is 35.6 Å². The Morgan fingerprint density at radius 2 is 0.679 bits per heavy atom. The molecule has 53 heavy (non-hydrogen) atoms. The molecule has 0 unspecified atom stereocenters. The Kier molecular flexibility index (Phi) is 3.95. The third-order valence-electron chi connectivity index (χ3n) is 8.13. The molecule has 0 radical (unpaired) electrons. The van der Waals surface area contributed by atoms with Crippen molar-refractivity contribution in [1.29, 1.82) is 0 Å². The van der Waals surface area contributed by atoms with E-state index >= 15 is 0 Å². The van der Waals surface area contributed by atoms with Gasteiger partial charge in [0.25, 0.3) is 0 Å². The standard InChI is InChI=1S/C52H37N/c1-3-11-38(12-4-1)40-21-23-41(24-22-40)43-27-33-49(34-28-43)53(48-31-25-42(26-32-48)39-13-5-2-6-14-39)50-35-29-44(30-36-50)46-17-9-18-47(37-46)52-20-10-16-45-15-7-8-19-51(45)52/h1-37H/i1D,2D,3D,4D,5D,6D,11D,12D,13D,14D,21D,22D,23D,24D,25D,26D,27D,28D,29D,30D,31D,32D,33D,34D,35D,36D. The minimum absolute atomic E-state index is 0.180. The quantitative estimate of drug-likeness (QED) is 0.152. The summed E-state index contributed by atoms with van der Waals surface area (Å²) in [5, 5.41) is 1.77. The van der Waals surface area contributed by atoms with Crippen molar-refractivity contribution in [3.05, 3.63) is 224 Å². The lowest BCUT2D eigenvalue weighted by Gasteiger charge is -2.26. The minimum atomic E-state index is -1.20. The molecule has 0 aliphatic rings. The summed E-state index contributed by atoms with van der Waals surface area (Å²) in [5.74, 6) is 0. The molecule has 0 aliphatic heterocycles. The van der Waals surface area contributed by atoms with Crippen LogP contribution >= 0.6 is 0 Å². The molecule has 1 nitrogen and oxygen atoms in total. The van der Waals surface area contributed by atoms with Gasteiger partial charge in [-0.15, -0.1) is 0 Å². The van der Waals surface area contributed by atoms with Gasteiger partial charge in [0.2, 0.25) is 0 Å². The molecule has 9 aromatic rings. The molecule has 0 N–H and O–H groups in total. The lowest BCUT2D eigenvalue weighted by molar-refractivity contribution is 1.28. The molecule has 0 heterocycles. The average molecular weight is 702 g/mol. The summed E-state index contributed by atoms with van der Waals surface area (Å²) < 4.78 is 232. The summed E-state index contributed by atoms with van der Waals surface area (Å²) in [7, 11) is 0. The summed E-state index contributed by atoms with van der Waals surface area (Å²) in [6.45, 7) is 0. The van der Waals surface area contributed by atoms with Crippen LogP contribution in [0.3, 0.4) is 0 Å². The van der Waals surface area contributed by atoms with Gasteiger partial charge in [-0.2, -0.15) is 0 Å². The van der Waals surface area contributed by atoms with Gasteiger partial charge in [-0.1, -0.05) is 182 Å². The second-order valence-electron chi connectivity index (χ2n) is 11.4. The molecule has 9 rings (SSSR count). The average Bonchev–Trinajstić information content (AvgIpc) is 3.63. The number of hydrogen-bond acceptors (Lipinski definition) is 1. The largest absolute Gasteiger partial charge is 0.311 e. The van der Waals surface area contributed by atoms with Gasteiger partial charge in [0.05, 0.1) is 35.6 Å². The number of fused-ring (bicyclic) bond motifs is 1. The van der Waals surface area contributed by atoms with E-state index in [9.17, 15) is 16.4 Å². The van der Waals surface area contributed by atoms with Gasteiger partial charge in [0.15, 0.2) is 0 Å². The molecule has 0 atom stereocenters. The first-order chi connectivity index (χ1) is 37.1. The molecule has 0 aliphatic carbocycles. The zero-order valence-electron chi connectivity index (χ0n) is 53.3. The number of anilines is 3. The van der Waals surface area contributed by atoms with Crippen LogP contribution in [0.15, 0.2) is 224 Å². The van der Waals surface area contributed by atoms with E-state index in [1.165, 1.54) is 6.07 Å². The molecular weight excluding hydrogens is 639 g/mol. The van der Waals surface area contributed by atoms with Crippen molar-refractivity contribution < 1.29 is 35.6 Å². The fourth-order valence-corrected chi connectivity index (χ4v) is 5.61. The Bertz CT molecular complexity index is 3990. The van der Waals surface area contributed by atoms with E-state index in [-0.39, 0.29) is 11.1 Å². The van der Waals surface area contributed by atoms with Gasteiger partial charge in [-0.25, -0.2) is 0 Å². The van der Waals surface area contributed by atoms with Gasteiger partial charge < -0.3 is 4.90 Å². The van der Waals surface area contributed by atoms with Crippen LogP contribution in [0.2, 0.25) is 0 Å². The molecule has 0 saturated carbocycles. The number of rotatable bonds is 8. The minimum Gasteiger partial charge on any atom is -0.311 e. The van der Waals surface area contributed by atoms with E-state index in [2.05, 4.69) is 0 Å². The van der Waals surface area contributed by atoms with Gasteiger partial charge in [0.1, 0.15) is 0 Å². The van der Waals surface area contributed by atoms with Crippen molar-refractivity contribution in [3.8, 4) is 55.6 Å². The van der Waals surface area contributed by atoms with Crippen molar-refractivity contribution in [3.63, 3.8) is 0 Å². The first-order valence-electron chi connectivity index (χ1n) is 29.1. The highest BCUT2D eigenvalue weighted by Gasteiger charge is 2.14. The Morgan fingerprint density at radius 1 is 0.302 bits per heavy atom. The fraction of sp³-hybridized carbons (Fsp3) is 0. The molecule has 1 heteroatoms. The molecule has 0 spiro atoms. The molecular formula is C52H37N. The predicted octanol–water partition coefficient (Wildman–Crippen LogP) is 14.6. The van der Waals surface area contributed by atoms with Crippen molar-refractivity contribution in [2.24, 2.45) is 0 Å². The SMILES string of the molecule is [2H]c1c([2H])c([2H])c(-c2c([2H])c([2H])c(-c3c([2H])c([2H])c(N(c4c([2H])c([2H])c(-c5cccc(-c6cccc7ccccc67)c5)c([2H])c4[2H])c4c([2H])c([2H])c(-c5c([2H])c([2H])c([2H])c([2H])c5[2H])c([2H])c4[2H])c([2H])c3[2H])c([2H])c2[2H])c([2H])c1[2H]. The Labute approximate surface area is 348 Å². The molecule has 0 fully saturated rings. The lowest BCUT2D eigenvalue weighted by atomic mass is 9.95. The molecule has 0 aromatic heterocycles. The lowest BCUT2D eigenvalue weighted by Crippen LogP contribution is -2.09. The Balaban J connectivity index is 1.35. The number of benzene rings is 9. The highest BCUT2D eigenvalue weighted by Crippen LogP contribution is 2.39. The van der Waals surface area contributed by atoms with E-state index in [0.717, 1.165) is 16.3 Å². The van der Waals surface area contributed by atoms with E-state index in [1.54, 1.807) is 18.2 Å². The third-order valence-corrected chi connectivity index (χ3v) is 8.13. The van der Waals surface area contributed by atoms with Gasteiger partial charge in [-0.05, 0) is 109 Å². The first kappa shape index (κ1) is 14.6. The monoisotopic (exact) mass is 701 g/mol. The molecule has 9 aromatic carbocycles. The van der Waals surface area contributed by atoms with Crippen LogP contribution in [0, 0.1) is 0 Å². The van der Waals surface area contributed by atoms with Crippen LogP contribution in [0.4, 0.5) is 17.1 Å². The van der Waals surface area contributed by atoms with Crippen molar-refractivity contribution >= 4 is 27.8 Å². The van der Waals surface area contributed by atoms with Gasteiger partial charge in [0, 0.05) is 17.1 Å². The maximum atomic E-state index is 9.59. The zero-order valence-corrected chi connectivity index (χ0v) is 27.3. The highest BCUT2D eigenvalue weighted by atomic mass is 15.1. The van der Waals surface area contributed by atoms with Crippen molar-refractivity contribution in [1.82, 2.24) is 0 Å². The topological polar surface area (TPSA) is 3.24 Å². The first-order valence-corrected chi connectivity index (χ1v) is 16.1. The van der Waals surface area contributed by atoms with Gasteiger partial charge in [-0.3, -0.25) is 0 Å². The van der Waals surface area contributed by atoms with E-state index in [4.69, 9.17) is 19.2 Å². The third kappa shape index (κ3) is 6.65. The maximum Gasteiger partial charge on any atom is 0.0645 e. The summed E-state index contributed by atoms with van der Waals surface area (Å²) in [6, 6.07) is -5.79. The Morgan fingerprint density at radius 3 is 1.19 bits per heavy atom. The molecule has 0 bridgehead atoms. The van der Waals surface area contributed by atoms with Crippen molar-refractivity contribution in [2.45, 2.75) is 0 Å². The second kappa shape index (κ2) is 14.3. The molecule has 250 valence electrons. The summed E-state index contributed by atoms with van der Waals surface area (Å²) in [5.41, 5.74) is -6.54. The maximum absolute atomic E-state index is 9.59. The van der Waals surface area contributed by atoms with Gasteiger partial charge >= 0.3 is 0 Å². The van der Waals surface area contributed by atoms with Crippen LogP contribution < -0.4 is 4.90 Å². The summed E-state index contributed by atoms with van der Waals surface area (Å²) in [6.07, 6.45) is 0. The smallest absolute Gasteiger partial charge is 0.0645 e. The normalized spacial score (nSPS) is 17.9. The fourth-order valence-electron chi connectivity index (χ4n) is 5.61. The van der Waals surface area contributed by atoms with Crippen LogP contribution in [-0.2, 0) is 0 Å². The molecule has 0 saturated heterocycles. The number of hydrogen-bond donors (Lipinski definition) is 0. The van der Waals surface area contributed by atoms with Crippen LogP contribution in [0.5, 0.6) is 0 Å². The highest BCUT2D eigenvalue weighted by molar-refractivity contribution is 5.97. The predicted molar refractivity (Wildman–Crippen MR) is 226 cm³/mol. The van der Waals surface area contributed by atoms with E-state index < -0.39 is 208 Å². The van der Waals surface area contributed by atoms with Crippen LogP contribution in [0.25, 0.3) is 66.4 Å². The zero-order chi connectivity index (χ0) is 58.0.